The zero-order valence-electron chi connectivity index (χ0n) is 15.4. The molecule has 0 unspecified atom stereocenters. The summed E-state index contributed by atoms with van der Waals surface area (Å²) in [5.41, 5.74) is -0.238. The van der Waals surface area contributed by atoms with Gasteiger partial charge in [0.15, 0.2) is 0 Å². The number of hydrogen-bond acceptors (Lipinski definition) is 2. The lowest BCUT2D eigenvalue weighted by atomic mass is 9.45. The highest BCUT2D eigenvalue weighted by atomic mass is 16.3. The fourth-order valence-corrected chi connectivity index (χ4v) is 6.58. The highest BCUT2D eigenvalue weighted by molar-refractivity contribution is 5.89. The van der Waals surface area contributed by atoms with Gasteiger partial charge in [0.1, 0.15) is 5.60 Å². The number of rotatable bonds is 2. The van der Waals surface area contributed by atoms with Crippen LogP contribution in [0, 0.1) is 35.0 Å². The average Bonchev–Trinajstić information content (AvgIpc) is 3.01. The smallest absolute Gasteiger partial charge is 0.230 e. The standard InChI is InChI=1S/C21H31NO2/c1-12(2)10-17-18-14(4)13(3)11-16-8-7-15-6-5-9-20(15,24)21(16,18)19(23)22-17/h5,9,11-12,14-18,24H,6-8,10H2,1-4H3,(H,22,23)/t14-,15-,16+,17+,18+,20+,21-/m1/s1. The maximum Gasteiger partial charge on any atom is 0.230 e. The molecule has 0 aromatic carbocycles. The molecule has 4 aliphatic rings. The number of aliphatic hydroxyl groups is 1. The van der Waals surface area contributed by atoms with E-state index in [4.69, 9.17) is 0 Å². The van der Waals surface area contributed by atoms with E-state index in [9.17, 15) is 9.90 Å². The quantitative estimate of drug-likeness (QED) is 0.762. The molecule has 3 nitrogen and oxygen atoms in total. The molecular weight excluding hydrogens is 298 g/mol. The highest BCUT2D eigenvalue weighted by Crippen LogP contribution is 2.66. The summed E-state index contributed by atoms with van der Waals surface area (Å²) in [4.78, 5) is 13.4. The Bertz CT molecular complexity index is 621. The van der Waals surface area contributed by atoms with Crippen molar-refractivity contribution in [3.05, 3.63) is 23.8 Å². The number of carbonyl (C=O) groups is 1. The zero-order valence-corrected chi connectivity index (χ0v) is 15.4. The molecule has 0 aromatic rings. The van der Waals surface area contributed by atoms with Gasteiger partial charge in [-0.25, -0.2) is 0 Å². The third-order valence-electron chi connectivity index (χ3n) is 7.59. The minimum absolute atomic E-state index is 0.109. The van der Waals surface area contributed by atoms with Gasteiger partial charge in [0.2, 0.25) is 5.91 Å². The van der Waals surface area contributed by atoms with Crippen LogP contribution in [0.1, 0.15) is 53.4 Å². The Hall–Kier alpha value is -1.09. The molecule has 1 amide bonds. The monoisotopic (exact) mass is 329 g/mol. The number of carbonyl (C=O) groups excluding carboxylic acids is 1. The Kier molecular flexibility index (Phi) is 3.55. The molecule has 1 spiro atoms. The van der Waals surface area contributed by atoms with Crippen LogP contribution in [0.5, 0.6) is 0 Å². The van der Waals surface area contributed by atoms with Gasteiger partial charge < -0.3 is 10.4 Å². The van der Waals surface area contributed by atoms with Gasteiger partial charge in [-0.15, -0.1) is 0 Å². The van der Waals surface area contributed by atoms with E-state index >= 15 is 0 Å². The van der Waals surface area contributed by atoms with Crippen LogP contribution in [0.15, 0.2) is 23.8 Å². The predicted molar refractivity (Wildman–Crippen MR) is 95.2 cm³/mol. The minimum atomic E-state index is -0.970. The Morgan fingerprint density at radius 3 is 2.83 bits per heavy atom. The van der Waals surface area contributed by atoms with Crippen molar-refractivity contribution in [2.45, 2.75) is 65.0 Å². The minimum Gasteiger partial charge on any atom is -0.384 e. The molecule has 0 radical (unpaired) electrons. The topological polar surface area (TPSA) is 49.3 Å². The van der Waals surface area contributed by atoms with Gasteiger partial charge in [-0.05, 0) is 56.3 Å². The number of fused-ring (bicyclic) bond motifs is 1. The molecule has 1 heterocycles. The predicted octanol–water partition coefficient (Wildman–Crippen LogP) is 3.45. The summed E-state index contributed by atoms with van der Waals surface area (Å²) in [6, 6.07) is 0.176. The number of allylic oxidation sites excluding steroid dienone is 3. The van der Waals surface area contributed by atoms with Gasteiger partial charge in [-0.1, -0.05) is 44.6 Å². The lowest BCUT2D eigenvalue weighted by Crippen LogP contribution is -2.65. The molecule has 132 valence electrons. The molecule has 7 atom stereocenters. The molecule has 3 aliphatic carbocycles. The summed E-state index contributed by atoms with van der Waals surface area (Å²) in [6.45, 7) is 8.91. The Labute approximate surface area is 145 Å². The van der Waals surface area contributed by atoms with Gasteiger partial charge in [-0.2, -0.15) is 0 Å². The van der Waals surface area contributed by atoms with Gasteiger partial charge >= 0.3 is 0 Å². The van der Waals surface area contributed by atoms with Crippen molar-refractivity contribution in [3.8, 4) is 0 Å². The van der Waals surface area contributed by atoms with Crippen LogP contribution in [0.3, 0.4) is 0 Å². The maximum absolute atomic E-state index is 13.4. The van der Waals surface area contributed by atoms with E-state index in [2.05, 4.69) is 45.2 Å². The number of amides is 1. The summed E-state index contributed by atoms with van der Waals surface area (Å²) >= 11 is 0. The average molecular weight is 329 g/mol. The van der Waals surface area contributed by atoms with E-state index in [1.165, 1.54) is 5.57 Å². The molecule has 1 saturated heterocycles. The Morgan fingerprint density at radius 1 is 1.38 bits per heavy atom. The highest BCUT2D eigenvalue weighted by Gasteiger charge is 2.73. The molecular formula is C21H31NO2. The van der Waals surface area contributed by atoms with Gasteiger partial charge in [0.05, 0.1) is 5.41 Å². The van der Waals surface area contributed by atoms with Crippen molar-refractivity contribution in [2.75, 3.05) is 0 Å². The van der Waals surface area contributed by atoms with Crippen LogP contribution in [0.2, 0.25) is 0 Å². The summed E-state index contributed by atoms with van der Waals surface area (Å²) in [5.74, 6) is 1.55. The van der Waals surface area contributed by atoms with Gasteiger partial charge in [0.25, 0.3) is 0 Å². The van der Waals surface area contributed by atoms with Crippen LogP contribution in [0.4, 0.5) is 0 Å². The Balaban J connectivity index is 1.90. The molecule has 1 aliphatic heterocycles. The van der Waals surface area contributed by atoms with Gasteiger partial charge in [-0.3, -0.25) is 4.79 Å². The molecule has 4 rings (SSSR count). The lowest BCUT2D eigenvalue weighted by molar-refractivity contribution is -0.176. The maximum atomic E-state index is 13.4. The normalized spacial score (nSPS) is 49.5. The van der Waals surface area contributed by atoms with Crippen molar-refractivity contribution in [2.24, 2.45) is 35.0 Å². The van der Waals surface area contributed by atoms with E-state index in [1.807, 2.05) is 6.08 Å². The fourth-order valence-electron chi connectivity index (χ4n) is 6.58. The van der Waals surface area contributed by atoms with E-state index < -0.39 is 11.0 Å². The second-order valence-electron chi connectivity index (χ2n) is 9.15. The molecule has 1 saturated carbocycles. The van der Waals surface area contributed by atoms with Crippen LogP contribution in [-0.4, -0.2) is 22.7 Å². The molecule has 24 heavy (non-hydrogen) atoms. The van der Waals surface area contributed by atoms with Crippen molar-refractivity contribution in [1.82, 2.24) is 5.32 Å². The third kappa shape index (κ3) is 1.80. The zero-order chi connectivity index (χ0) is 17.3. The molecule has 2 fully saturated rings. The van der Waals surface area contributed by atoms with Crippen LogP contribution in [-0.2, 0) is 4.79 Å². The van der Waals surface area contributed by atoms with Crippen LogP contribution < -0.4 is 5.32 Å². The lowest BCUT2D eigenvalue weighted by Gasteiger charge is -2.58. The van der Waals surface area contributed by atoms with Crippen molar-refractivity contribution in [3.63, 3.8) is 0 Å². The second kappa shape index (κ2) is 5.20. The largest absolute Gasteiger partial charge is 0.384 e. The number of nitrogens with one attached hydrogen (secondary N) is 1. The van der Waals surface area contributed by atoms with E-state index in [-0.39, 0.29) is 29.7 Å². The number of hydrogen-bond donors (Lipinski definition) is 2. The summed E-state index contributed by atoms with van der Waals surface area (Å²) in [7, 11) is 0. The first kappa shape index (κ1) is 16.4. The summed E-state index contributed by atoms with van der Waals surface area (Å²) < 4.78 is 0. The van der Waals surface area contributed by atoms with Crippen molar-refractivity contribution >= 4 is 5.91 Å². The fraction of sp³-hybridized carbons (Fsp3) is 0.762. The van der Waals surface area contributed by atoms with E-state index in [1.54, 1.807) is 0 Å². The first-order valence-corrected chi connectivity index (χ1v) is 9.71. The molecule has 3 heteroatoms. The summed E-state index contributed by atoms with van der Waals surface area (Å²) in [5, 5.41) is 15.2. The molecule has 0 aromatic heterocycles. The van der Waals surface area contributed by atoms with Crippen LogP contribution >= 0.6 is 0 Å². The third-order valence-corrected chi connectivity index (χ3v) is 7.59. The van der Waals surface area contributed by atoms with E-state index in [0.717, 1.165) is 25.7 Å². The van der Waals surface area contributed by atoms with Crippen molar-refractivity contribution < 1.29 is 9.90 Å². The van der Waals surface area contributed by atoms with Crippen LogP contribution in [0.25, 0.3) is 0 Å². The Morgan fingerprint density at radius 2 is 2.12 bits per heavy atom. The van der Waals surface area contributed by atoms with Crippen molar-refractivity contribution in [1.29, 1.82) is 0 Å². The van der Waals surface area contributed by atoms with E-state index in [0.29, 0.717) is 11.8 Å². The SMILES string of the molecule is CC1=C[C@@H]2CC[C@H]3CC=C[C@@]3(O)[C@]23C(=O)N[C@@H](CC(C)C)[C@@H]3[C@@H]1C. The first-order chi connectivity index (χ1) is 11.3. The summed E-state index contributed by atoms with van der Waals surface area (Å²) in [6.07, 6.45) is 10.4. The second-order valence-corrected chi connectivity index (χ2v) is 9.15. The molecule has 2 N–H and O–H groups in total. The first-order valence-electron chi connectivity index (χ1n) is 9.71. The van der Waals surface area contributed by atoms with Gasteiger partial charge in [0, 0.05) is 12.0 Å². The molecule has 0 bridgehead atoms.